The van der Waals surface area contributed by atoms with Gasteiger partial charge in [0, 0.05) is 0 Å². The molecule has 0 unspecified atom stereocenters. The van der Waals surface area contributed by atoms with Gasteiger partial charge in [-0.1, -0.05) is 12.1 Å². The predicted molar refractivity (Wildman–Crippen MR) is 68.1 cm³/mol. The molecule has 1 amide bonds. The van der Waals surface area contributed by atoms with Crippen LogP contribution in [0, 0.1) is 0 Å². The lowest BCUT2D eigenvalue weighted by Gasteiger charge is -2.14. The van der Waals surface area contributed by atoms with Crippen LogP contribution in [0.4, 0.5) is 13.2 Å². The molecule has 0 spiro atoms. The normalized spacial score (nSPS) is 13.2. The van der Waals surface area contributed by atoms with Crippen molar-refractivity contribution in [2.45, 2.75) is 32.5 Å². The Morgan fingerprint density at radius 3 is 2.40 bits per heavy atom. The summed E-state index contributed by atoms with van der Waals surface area (Å²) in [7, 11) is 0. The van der Waals surface area contributed by atoms with Gasteiger partial charge in [0.25, 0.3) is 5.91 Å². The van der Waals surface area contributed by atoms with Crippen molar-refractivity contribution in [1.29, 1.82) is 0 Å². The van der Waals surface area contributed by atoms with Crippen LogP contribution in [0.5, 0.6) is 0 Å². The number of nitrogens with zero attached hydrogens (tertiary/aromatic N) is 1. The van der Waals surface area contributed by atoms with Crippen molar-refractivity contribution < 1.29 is 23.1 Å². The Bertz CT molecular complexity index is 531. The lowest BCUT2D eigenvalue weighted by molar-refractivity contribution is -0.137. The van der Waals surface area contributed by atoms with E-state index in [0.29, 0.717) is 0 Å². The van der Waals surface area contributed by atoms with Gasteiger partial charge in [-0.2, -0.15) is 18.3 Å². The highest BCUT2D eigenvalue weighted by atomic mass is 19.4. The maximum absolute atomic E-state index is 12.6. The number of halogens is 3. The maximum Gasteiger partial charge on any atom is 0.416 e. The van der Waals surface area contributed by atoms with Crippen LogP contribution < -0.4 is 5.43 Å². The molecular formula is C13H15F3N2O2. The van der Waals surface area contributed by atoms with E-state index in [1.807, 2.05) is 0 Å². The van der Waals surface area contributed by atoms with E-state index in [-0.39, 0.29) is 11.3 Å². The molecule has 0 bridgehead atoms. The third-order valence-corrected chi connectivity index (χ3v) is 2.49. The van der Waals surface area contributed by atoms with E-state index < -0.39 is 23.2 Å². The summed E-state index contributed by atoms with van der Waals surface area (Å²) >= 11 is 0. The summed E-state index contributed by atoms with van der Waals surface area (Å²) in [5, 5.41) is 13.1. The fraction of sp³-hybridized carbons (Fsp3) is 0.385. The number of hydrogen-bond acceptors (Lipinski definition) is 3. The number of carbonyl (C=O) groups is 1. The van der Waals surface area contributed by atoms with Crippen molar-refractivity contribution in [3.8, 4) is 0 Å². The molecule has 0 saturated carbocycles. The first-order valence-corrected chi connectivity index (χ1v) is 5.76. The van der Waals surface area contributed by atoms with E-state index in [1.165, 1.54) is 32.9 Å². The fourth-order valence-corrected chi connectivity index (χ4v) is 1.26. The molecule has 0 aliphatic rings. The standard InChI is InChI=1S/C13H15F3N2O2/c1-8(17-18-11(19)12(2,3)20)9-5-4-6-10(7-9)13(14,15)16/h4-7,20H,1-3H3,(H,18,19). The van der Waals surface area contributed by atoms with Gasteiger partial charge in [0.1, 0.15) is 5.60 Å². The summed E-state index contributed by atoms with van der Waals surface area (Å²) in [6.07, 6.45) is -4.44. The van der Waals surface area contributed by atoms with Crippen molar-refractivity contribution in [3.63, 3.8) is 0 Å². The monoisotopic (exact) mass is 288 g/mol. The summed E-state index contributed by atoms with van der Waals surface area (Å²) in [6.45, 7) is 4.01. The van der Waals surface area contributed by atoms with Crippen molar-refractivity contribution in [2.75, 3.05) is 0 Å². The number of amides is 1. The van der Waals surface area contributed by atoms with Gasteiger partial charge in [-0.15, -0.1) is 0 Å². The van der Waals surface area contributed by atoms with Gasteiger partial charge >= 0.3 is 6.18 Å². The molecule has 110 valence electrons. The number of carbonyl (C=O) groups excluding carboxylic acids is 1. The van der Waals surface area contributed by atoms with Gasteiger partial charge in [-0.05, 0) is 38.5 Å². The molecule has 1 aromatic carbocycles. The summed E-state index contributed by atoms with van der Waals surface area (Å²) < 4.78 is 37.7. The average molecular weight is 288 g/mol. The lowest BCUT2D eigenvalue weighted by Crippen LogP contribution is -2.39. The van der Waals surface area contributed by atoms with Gasteiger partial charge in [0.2, 0.25) is 0 Å². The number of hydrogen-bond donors (Lipinski definition) is 2. The van der Waals surface area contributed by atoms with Crippen LogP contribution in [0.1, 0.15) is 31.9 Å². The molecule has 0 heterocycles. The second-order valence-electron chi connectivity index (χ2n) is 4.78. The molecule has 0 fully saturated rings. The Kier molecular flexibility index (Phi) is 4.54. The molecule has 0 saturated heterocycles. The number of aliphatic hydroxyl groups is 1. The van der Waals surface area contributed by atoms with Gasteiger partial charge in [0.15, 0.2) is 0 Å². The first-order valence-electron chi connectivity index (χ1n) is 5.76. The van der Waals surface area contributed by atoms with Crippen molar-refractivity contribution in [3.05, 3.63) is 35.4 Å². The maximum atomic E-state index is 12.6. The Balaban J connectivity index is 2.93. The molecule has 20 heavy (non-hydrogen) atoms. The van der Waals surface area contributed by atoms with Gasteiger partial charge < -0.3 is 5.11 Å². The first kappa shape index (κ1) is 16.2. The van der Waals surface area contributed by atoms with Crippen molar-refractivity contribution in [1.82, 2.24) is 5.43 Å². The van der Waals surface area contributed by atoms with Crippen LogP contribution in [-0.4, -0.2) is 22.3 Å². The van der Waals surface area contributed by atoms with Crippen LogP contribution in [0.3, 0.4) is 0 Å². The van der Waals surface area contributed by atoms with E-state index in [2.05, 4.69) is 10.5 Å². The van der Waals surface area contributed by atoms with E-state index in [1.54, 1.807) is 0 Å². The van der Waals surface area contributed by atoms with E-state index in [0.717, 1.165) is 12.1 Å². The minimum Gasteiger partial charge on any atom is -0.381 e. The molecule has 7 heteroatoms. The van der Waals surface area contributed by atoms with E-state index in [4.69, 9.17) is 0 Å². The Morgan fingerprint density at radius 1 is 1.30 bits per heavy atom. The molecule has 0 aliphatic heterocycles. The number of alkyl halides is 3. The molecule has 4 nitrogen and oxygen atoms in total. The quantitative estimate of drug-likeness (QED) is 0.662. The van der Waals surface area contributed by atoms with Gasteiger partial charge in [0.05, 0.1) is 11.3 Å². The SMILES string of the molecule is CC(=NNC(=O)C(C)(C)O)c1cccc(C(F)(F)F)c1. The first-order chi connectivity index (χ1) is 9.01. The van der Waals surface area contributed by atoms with Crippen molar-refractivity contribution in [2.24, 2.45) is 5.10 Å². The highest BCUT2D eigenvalue weighted by molar-refractivity contribution is 5.99. The predicted octanol–water partition coefficient (Wildman–Crippen LogP) is 2.32. The highest BCUT2D eigenvalue weighted by Gasteiger charge is 2.30. The highest BCUT2D eigenvalue weighted by Crippen LogP contribution is 2.29. The Morgan fingerprint density at radius 2 is 1.90 bits per heavy atom. The molecule has 1 aromatic rings. The van der Waals surface area contributed by atoms with Gasteiger partial charge in [-0.25, -0.2) is 5.43 Å². The minimum absolute atomic E-state index is 0.203. The molecule has 2 N–H and O–H groups in total. The zero-order valence-electron chi connectivity index (χ0n) is 11.2. The smallest absolute Gasteiger partial charge is 0.381 e. The van der Waals surface area contributed by atoms with Crippen LogP contribution in [0.25, 0.3) is 0 Å². The lowest BCUT2D eigenvalue weighted by atomic mass is 10.1. The number of rotatable bonds is 3. The van der Waals surface area contributed by atoms with Crippen LogP contribution >= 0.6 is 0 Å². The Hall–Kier alpha value is -1.89. The van der Waals surface area contributed by atoms with Crippen LogP contribution in [0.15, 0.2) is 29.4 Å². The fourth-order valence-electron chi connectivity index (χ4n) is 1.26. The molecular weight excluding hydrogens is 273 g/mol. The van der Waals surface area contributed by atoms with Gasteiger partial charge in [-0.3, -0.25) is 4.79 Å². The third kappa shape index (κ3) is 4.34. The second kappa shape index (κ2) is 5.62. The molecule has 0 aromatic heterocycles. The zero-order valence-corrected chi connectivity index (χ0v) is 11.2. The van der Waals surface area contributed by atoms with Crippen molar-refractivity contribution >= 4 is 11.6 Å². The number of nitrogens with one attached hydrogen (secondary N) is 1. The number of hydrazone groups is 1. The molecule has 0 aliphatic carbocycles. The number of benzene rings is 1. The summed E-state index contributed by atoms with van der Waals surface area (Å²) in [6, 6.07) is 4.60. The van der Waals surface area contributed by atoms with Crippen LogP contribution in [0.2, 0.25) is 0 Å². The molecule has 0 atom stereocenters. The van der Waals surface area contributed by atoms with E-state index >= 15 is 0 Å². The third-order valence-electron chi connectivity index (χ3n) is 2.49. The van der Waals surface area contributed by atoms with E-state index in [9.17, 15) is 23.1 Å². The topological polar surface area (TPSA) is 61.7 Å². The Labute approximate surface area is 114 Å². The van der Waals surface area contributed by atoms with Crippen LogP contribution in [-0.2, 0) is 11.0 Å². The largest absolute Gasteiger partial charge is 0.416 e. The summed E-state index contributed by atoms with van der Waals surface area (Å²) in [5.41, 5.74) is 0.125. The molecule has 1 rings (SSSR count). The minimum atomic E-state index is -4.44. The summed E-state index contributed by atoms with van der Waals surface area (Å²) in [4.78, 5) is 11.4. The average Bonchev–Trinajstić information content (AvgIpc) is 2.33. The zero-order chi connectivity index (χ0) is 15.6. The molecule has 0 radical (unpaired) electrons. The second-order valence-corrected chi connectivity index (χ2v) is 4.78. The summed E-state index contributed by atoms with van der Waals surface area (Å²) in [5.74, 6) is -0.746.